The fourth-order valence-electron chi connectivity index (χ4n) is 3.36. The molecule has 27 heavy (non-hydrogen) atoms. The van der Waals surface area contributed by atoms with Gasteiger partial charge in [-0.15, -0.1) is 0 Å². The van der Waals surface area contributed by atoms with Crippen LogP contribution in [0.1, 0.15) is 17.7 Å². The van der Waals surface area contributed by atoms with Gasteiger partial charge in [0, 0.05) is 30.2 Å². The summed E-state index contributed by atoms with van der Waals surface area (Å²) in [6.07, 6.45) is 3.20. The Labute approximate surface area is 163 Å². The molecule has 136 valence electrons. The first-order chi connectivity index (χ1) is 13.2. The Morgan fingerprint density at radius 2 is 1.67 bits per heavy atom. The molecule has 0 aliphatic carbocycles. The third kappa shape index (κ3) is 4.44. The van der Waals surface area contributed by atoms with Crippen LogP contribution in [0.25, 0.3) is 16.8 Å². The van der Waals surface area contributed by atoms with Gasteiger partial charge in [0.05, 0.1) is 11.4 Å². The summed E-state index contributed by atoms with van der Waals surface area (Å²) < 4.78 is 13.1. The number of hydrogen-bond donors (Lipinski definition) is 0. The minimum atomic E-state index is -0.191. The summed E-state index contributed by atoms with van der Waals surface area (Å²) in [6, 6.07) is 20.7. The molecule has 0 unspecified atom stereocenters. The van der Waals surface area contributed by atoms with E-state index in [1.165, 1.54) is 17.7 Å². The van der Waals surface area contributed by atoms with Gasteiger partial charge in [-0.2, -0.15) is 0 Å². The van der Waals surface area contributed by atoms with Crippen molar-refractivity contribution in [2.75, 3.05) is 13.1 Å². The van der Waals surface area contributed by atoms with Gasteiger partial charge in [0.2, 0.25) is 0 Å². The van der Waals surface area contributed by atoms with Gasteiger partial charge in [-0.05, 0) is 54.0 Å². The summed E-state index contributed by atoms with van der Waals surface area (Å²) in [4.78, 5) is 7.18. The van der Waals surface area contributed by atoms with Gasteiger partial charge in [0.25, 0.3) is 0 Å². The molecule has 0 saturated heterocycles. The van der Waals surface area contributed by atoms with E-state index in [9.17, 15) is 4.39 Å². The second-order valence-corrected chi connectivity index (χ2v) is 7.18. The maximum absolute atomic E-state index is 13.1. The van der Waals surface area contributed by atoms with Crippen LogP contribution >= 0.6 is 11.6 Å². The van der Waals surface area contributed by atoms with E-state index in [1.807, 2.05) is 42.5 Å². The van der Waals surface area contributed by atoms with E-state index in [-0.39, 0.29) is 5.82 Å². The summed E-state index contributed by atoms with van der Waals surface area (Å²) >= 11 is 5.97. The Bertz CT molecular complexity index is 949. The van der Waals surface area contributed by atoms with Crippen LogP contribution in [0.15, 0.2) is 72.8 Å². The molecule has 0 spiro atoms. The van der Waals surface area contributed by atoms with Crippen molar-refractivity contribution in [2.45, 2.75) is 13.0 Å². The summed E-state index contributed by atoms with van der Waals surface area (Å²) in [6.45, 7) is 2.66. The van der Waals surface area contributed by atoms with Gasteiger partial charge in [0.15, 0.2) is 0 Å². The number of aromatic nitrogens is 1. The quantitative estimate of drug-likeness (QED) is 0.567. The van der Waals surface area contributed by atoms with E-state index < -0.39 is 0 Å². The highest BCUT2D eigenvalue weighted by Crippen LogP contribution is 2.24. The fourth-order valence-corrected chi connectivity index (χ4v) is 3.49. The first-order valence-electron chi connectivity index (χ1n) is 9.06. The number of pyridine rings is 1. The predicted molar refractivity (Wildman–Crippen MR) is 109 cm³/mol. The maximum atomic E-state index is 13.1. The molecule has 1 aliphatic rings. The van der Waals surface area contributed by atoms with Gasteiger partial charge < -0.3 is 0 Å². The zero-order valence-electron chi connectivity index (χ0n) is 14.9. The first-order valence-corrected chi connectivity index (χ1v) is 9.44. The highest BCUT2D eigenvalue weighted by atomic mass is 35.5. The largest absolute Gasteiger partial charge is 0.294 e. The third-order valence-electron chi connectivity index (χ3n) is 4.84. The lowest BCUT2D eigenvalue weighted by Crippen LogP contribution is -2.28. The molecular weight excluding hydrogens is 359 g/mol. The van der Waals surface area contributed by atoms with Crippen LogP contribution in [0.4, 0.5) is 4.39 Å². The van der Waals surface area contributed by atoms with Crippen LogP contribution in [0.5, 0.6) is 0 Å². The van der Waals surface area contributed by atoms with Crippen LogP contribution in [0.3, 0.4) is 0 Å². The van der Waals surface area contributed by atoms with Crippen LogP contribution in [-0.4, -0.2) is 23.0 Å². The second-order valence-electron chi connectivity index (χ2n) is 6.74. The van der Waals surface area contributed by atoms with Crippen molar-refractivity contribution in [1.82, 2.24) is 9.88 Å². The van der Waals surface area contributed by atoms with Crippen molar-refractivity contribution in [1.29, 1.82) is 0 Å². The molecule has 0 atom stereocenters. The Kier molecular flexibility index (Phi) is 5.33. The van der Waals surface area contributed by atoms with Crippen LogP contribution in [0.2, 0.25) is 5.02 Å². The van der Waals surface area contributed by atoms with Gasteiger partial charge in [-0.1, -0.05) is 48.0 Å². The molecule has 0 bridgehead atoms. The Balaban J connectivity index is 1.44. The second kappa shape index (κ2) is 8.03. The van der Waals surface area contributed by atoms with Gasteiger partial charge >= 0.3 is 0 Å². The summed E-state index contributed by atoms with van der Waals surface area (Å²) in [5.41, 5.74) is 5.48. The lowest BCUT2D eigenvalue weighted by Gasteiger charge is -2.26. The zero-order chi connectivity index (χ0) is 18.6. The molecule has 3 aromatic rings. The van der Waals surface area contributed by atoms with Crippen molar-refractivity contribution in [3.63, 3.8) is 0 Å². The molecule has 1 aliphatic heterocycles. The van der Waals surface area contributed by atoms with Crippen LogP contribution < -0.4 is 0 Å². The van der Waals surface area contributed by atoms with Crippen molar-refractivity contribution in [3.05, 3.63) is 94.9 Å². The molecule has 2 aromatic carbocycles. The normalized spacial score (nSPS) is 14.8. The van der Waals surface area contributed by atoms with Crippen LogP contribution in [0, 0.1) is 5.82 Å². The molecule has 0 fully saturated rings. The number of halogens is 2. The number of hydrogen-bond acceptors (Lipinski definition) is 2. The zero-order valence-corrected chi connectivity index (χ0v) is 15.7. The number of benzene rings is 2. The molecule has 4 heteroatoms. The van der Waals surface area contributed by atoms with E-state index >= 15 is 0 Å². The van der Waals surface area contributed by atoms with Gasteiger partial charge in [0.1, 0.15) is 5.82 Å². The van der Waals surface area contributed by atoms with E-state index in [0.717, 1.165) is 53.6 Å². The molecule has 0 radical (unpaired) electrons. The molecule has 0 saturated carbocycles. The van der Waals surface area contributed by atoms with Crippen molar-refractivity contribution in [2.24, 2.45) is 0 Å². The minimum Gasteiger partial charge on any atom is -0.294 e. The fraction of sp³-hybridized carbons (Fsp3) is 0.174. The van der Waals surface area contributed by atoms with Crippen LogP contribution in [-0.2, 0) is 6.54 Å². The van der Waals surface area contributed by atoms with Crippen molar-refractivity contribution >= 4 is 17.2 Å². The maximum Gasteiger partial charge on any atom is 0.123 e. The first kappa shape index (κ1) is 17.9. The standard InChI is InChI=1S/C23H20ClFN2/c24-20-8-4-19(5-9-20)23-3-1-2-22(26-23)16-27-14-12-18(13-15-27)17-6-10-21(25)11-7-17/h1-12H,13-16H2. The molecule has 2 nitrogen and oxygen atoms in total. The molecule has 0 amide bonds. The summed E-state index contributed by atoms with van der Waals surface area (Å²) in [7, 11) is 0. The van der Waals surface area contributed by atoms with E-state index in [0.29, 0.717) is 0 Å². The molecule has 1 aromatic heterocycles. The highest BCUT2D eigenvalue weighted by Gasteiger charge is 2.14. The topological polar surface area (TPSA) is 16.1 Å². The Morgan fingerprint density at radius 3 is 2.37 bits per heavy atom. The third-order valence-corrected chi connectivity index (χ3v) is 5.09. The predicted octanol–water partition coefficient (Wildman–Crippen LogP) is 5.83. The average Bonchev–Trinajstić information content (AvgIpc) is 2.70. The molecule has 0 N–H and O–H groups in total. The SMILES string of the molecule is Fc1ccc(C2=CCN(Cc3cccc(-c4ccc(Cl)cc4)n3)CC2)cc1. The lowest BCUT2D eigenvalue weighted by atomic mass is 9.99. The smallest absolute Gasteiger partial charge is 0.123 e. The van der Waals surface area contributed by atoms with E-state index in [4.69, 9.17) is 16.6 Å². The average molecular weight is 379 g/mol. The summed E-state index contributed by atoms with van der Waals surface area (Å²) in [5, 5.41) is 0.729. The minimum absolute atomic E-state index is 0.191. The van der Waals surface area contributed by atoms with Gasteiger partial charge in [-0.3, -0.25) is 9.88 Å². The molecule has 2 heterocycles. The number of rotatable bonds is 4. The van der Waals surface area contributed by atoms with Crippen molar-refractivity contribution < 1.29 is 4.39 Å². The van der Waals surface area contributed by atoms with Gasteiger partial charge in [-0.25, -0.2) is 4.39 Å². The molecule has 4 rings (SSSR count). The van der Waals surface area contributed by atoms with E-state index in [1.54, 1.807) is 0 Å². The Morgan fingerprint density at radius 1 is 0.926 bits per heavy atom. The monoisotopic (exact) mass is 378 g/mol. The molecular formula is C23H20ClFN2. The number of nitrogens with zero attached hydrogens (tertiary/aromatic N) is 2. The highest BCUT2D eigenvalue weighted by molar-refractivity contribution is 6.30. The Hall–Kier alpha value is -2.49. The summed E-state index contributed by atoms with van der Waals surface area (Å²) in [5.74, 6) is -0.191. The van der Waals surface area contributed by atoms with Crippen molar-refractivity contribution in [3.8, 4) is 11.3 Å². The lowest BCUT2D eigenvalue weighted by molar-refractivity contribution is 0.290. The van der Waals surface area contributed by atoms with E-state index in [2.05, 4.69) is 23.1 Å².